The van der Waals surface area contributed by atoms with Crippen LogP contribution in [0.25, 0.3) is 17.2 Å². The van der Waals surface area contributed by atoms with E-state index in [-0.39, 0.29) is 18.3 Å². The Bertz CT molecular complexity index is 1020. The van der Waals surface area contributed by atoms with Gasteiger partial charge in [-0.15, -0.1) is 0 Å². The molecule has 0 fully saturated rings. The molecule has 0 aliphatic rings. The zero-order valence-electron chi connectivity index (χ0n) is 13.9. The van der Waals surface area contributed by atoms with Crippen molar-refractivity contribution in [3.8, 4) is 17.2 Å². The van der Waals surface area contributed by atoms with Crippen molar-refractivity contribution in [3.05, 3.63) is 72.1 Å². The van der Waals surface area contributed by atoms with E-state index in [0.717, 1.165) is 5.69 Å². The van der Waals surface area contributed by atoms with Gasteiger partial charge in [0, 0.05) is 29.7 Å². The van der Waals surface area contributed by atoms with E-state index in [4.69, 9.17) is 9.05 Å². The normalized spacial score (nSPS) is 10.8. The molecule has 3 aromatic heterocycles. The van der Waals surface area contributed by atoms with Crippen molar-refractivity contribution < 1.29 is 13.8 Å². The Labute approximate surface area is 148 Å². The summed E-state index contributed by atoms with van der Waals surface area (Å²) < 4.78 is 12.1. The van der Waals surface area contributed by atoms with Gasteiger partial charge >= 0.3 is 0 Å². The Hall–Kier alpha value is -3.68. The third-order valence-corrected chi connectivity index (χ3v) is 3.76. The number of aromatic nitrogens is 4. The highest BCUT2D eigenvalue weighted by Gasteiger charge is 2.13. The quantitative estimate of drug-likeness (QED) is 0.595. The maximum atomic E-state index is 12.3. The fourth-order valence-corrected chi connectivity index (χ4v) is 2.45. The number of rotatable bonds is 5. The molecule has 0 saturated carbocycles. The number of nitrogens with zero attached hydrogens (tertiary/aromatic N) is 4. The minimum atomic E-state index is -0.221. The van der Waals surface area contributed by atoms with Crippen LogP contribution in [0.4, 0.5) is 0 Å². The van der Waals surface area contributed by atoms with E-state index in [0.29, 0.717) is 22.8 Å². The van der Waals surface area contributed by atoms with Crippen LogP contribution in [-0.4, -0.2) is 25.8 Å². The predicted molar refractivity (Wildman–Crippen MR) is 91.5 cm³/mol. The lowest BCUT2D eigenvalue weighted by Crippen LogP contribution is -2.22. The lowest BCUT2D eigenvalue weighted by molar-refractivity contribution is 0.0946. The van der Waals surface area contributed by atoms with Crippen LogP contribution in [0.2, 0.25) is 0 Å². The van der Waals surface area contributed by atoms with Crippen molar-refractivity contribution in [1.29, 1.82) is 0 Å². The summed E-state index contributed by atoms with van der Waals surface area (Å²) in [4.78, 5) is 16.4. The molecular weight excluding hydrogens is 334 g/mol. The van der Waals surface area contributed by atoms with Gasteiger partial charge in [-0.3, -0.25) is 4.79 Å². The molecule has 0 aliphatic carbocycles. The molecule has 8 nitrogen and oxygen atoms in total. The molecule has 1 amide bonds. The molecule has 26 heavy (non-hydrogen) atoms. The summed E-state index contributed by atoms with van der Waals surface area (Å²) in [6.07, 6.45) is 3.89. The molecule has 0 atom stereocenters. The minimum absolute atomic E-state index is 0.127. The third kappa shape index (κ3) is 3.25. The second-order valence-electron chi connectivity index (χ2n) is 5.65. The smallest absolute Gasteiger partial charge is 0.251 e. The van der Waals surface area contributed by atoms with Gasteiger partial charge in [-0.05, 0) is 43.3 Å². The van der Waals surface area contributed by atoms with Crippen molar-refractivity contribution in [3.63, 3.8) is 0 Å². The average molecular weight is 349 g/mol. The summed E-state index contributed by atoms with van der Waals surface area (Å²) in [5.41, 5.74) is 2.02. The van der Waals surface area contributed by atoms with Gasteiger partial charge in [0.25, 0.3) is 5.91 Å². The van der Waals surface area contributed by atoms with Crippen molar-refractivity contribution in [2.24, 2.45) is 0 Å². The summed E-state index contributed by atoms with van der Waals surface area (Å²) in [5, 5.41) is 10.4. The van der Waals surface area contributed by atoms with Gasteiger partial charge in [-0.1, -0.05) is 10.3 Å². The number of hydrogen-bond donors (Lipinski definition) is 1. The summed E-state index contributed by atoms with van der Waals surface area (Å²) in [6, 6.07) is 12.9. The summed E-state index contributed by atoms with van der Waals surface area (Å²) in [7, 11) is 0. The van der Waals surface area contributed by atoms with E-state index in [1.165, 1.54) is 0 Å². The highest BCUT2D eigenvalue weighted by atomic mass is 16.5. The molecule has 8 heteroatoms. The number of benzene rings is 1. The number of carbonyl (C=O) groups excluding carboxylic acids is 1. The molecule has 1 N–H and O–H groups in total. The van der Waals surface area contributed by atoms with Crippen molar-refractivity contribution in [2.75, 3.05) is 0 Å². The van der Waals surface area contributed by atoms with Crippen LogP contribution in [-0.2, 0) is 6.54 Å². The van der Waals surface area contributed by atoms with E-state index in [9.17, 15) is 4.79 Å². The zero-order chi connectivity index (χ0) is 17.9. The molecule has 0 bridgehead atoms. The number of carbonyl (C=O) groups is 1. The lowest BCUT2D eigenvalue weighted by Gasteiger charge is -2.05. The van der Waals surface area contributed by atoms with Crippen LogP contribution in [0.1, 0.15) is 22.0 Å². The molecule has 0 spiro atoms. The monoisotopic (exact) mass is 349 g/mol. The van der Waals surface area contributed by atoms with Crippen LogP contribution in [0.5, 0.6) is 0 Å². The van der Waals surface area contributed by atoms with E-state index >= 15 is 0 Å². The average Bonchev–Trinajstić information content (AvgIpc) is 3.41. The maximum absolute atomic E-state index is 12.3. The van der Waals surface area contributed by atoms with Gasteiger partial charge in [0.15, 0.2) is 5.69 Å². The lowest BCUT2D eigenvalue weighted by atomic mass is 10.2. The Morgan fingerprint density at radius 1 is 1.12 bits per heavy atom. The van der Waals surface area contributed by atoms with Gasteiger partial charge in [0.2, 0.25) is 11.7 Å². The standard InChI is InChI=1S/C18H15N5O3/c1-12-10-15(21-25-12)17-20-16(26-22-17)11-19-18(24)13-4-6-14(7-5-13)23-8-2-3-9-23/h2-10H,11H2,1H3,(H,19,24). The van der Waals surface area contributed by atoms with E-state index in [1.54, 1.807) is 25.1 Å². The van der Waals surface area contributed by atoms with Crippen molar-refractivity contribution in [2.45, 2.75) is 13.5 Å². The van der Waals surface area contributed by atoms with Crippen LogP contribution < -0.4 is 5.32 Å². The SMILES string of the molecule is Cc1cc(-c2noc(CNC(=O)c3ccc(-n4cccc4)cc3)n2)no1. The Kier molecular flexibility index (Phi) is 4.06. The minimum Gasteiger partial charge on any atom is -0.361 e. The molecule has 4 rings (SSSR count). The van der Waals surface area contributed by atoms with Gasteiger partial charge < -0.3 is 18.9 Å². The first-order valence-electron chi connectivity index (χ1n) is 7.97. The van der Waals surface area contributed by atoms with Gasteiger partial charge in [-0.25, -0.2) is 0 Å². The van der Waals surface area contributed by atoms with Crippen molar-refractivity contribution in [1.82, 2.24) is 25.2 Å². The molecule has 0 unspecified atom stereocenters. The molecular formula is C18H15N5O3. The number of amides is 1. The van der Waals surface area contributed by atoms with Crippen molar-refractivity contribution >= 4 is 5.91 Å². The second kappa shape index (κ2) is 6.67. The summed E-state index contributed by atoms with van der Waals surface area (Å²) in [5.74, 6) is 1.05. The first kappa shape index (κ1) is 15.8. The third-order valence-electron chi connectivity index (χ3n) is 3.76. The van der Waals surface area contributed by atoms with Crippen LogP contribution in [0.15, 0.2) is 63.9 Å². The summed E-state index contributed by atoms with van der Waals surface area (Å²) in [6.45, 7) is 1.90. The Morgan fingerprint density at radius 3 is 2.58 bits per heavy atom. The topological polar surface area (TPSA) is 99.0 Å². The van der Waals surface area contributed by atoms with Crippen LogP contribution in [0.3, 0.4) is 0 Å². The first-order chi connectivity index (χ1) is 12.7. The molecule has 3 heterocycles. The van der Waals surface area contributed by atoms with Crippen LogP contribution >= 0.6 is 0 Å². The Balaban J connectivity index is 1.39. The number of aryl methyl sites for hydroxylation is 1. The number of nitrogens with one attached hydrogen (secondary N) is 1. The second-order valence-corrected chi connectivity index (χ2v) is 5.65. The largest absolute Gasteiger partial charge is 0.361 e. The molecule has 1 aromatic carbocycles. The highest BCUT2D eigenvalue weighted by molar-refractivity contribution is 5.94. The molecule has 130 valence electrons. The first-order valence-corrected chi connectivity index (χ1v) is 7.97. The van der Waals surface area contributed by atoms with Gasteiger partial charge in [-0.2, -0.15) is 4.98 Å². The van der Waals surface area contributed by atoms with E-state index in [2.05, 4.69) is 20.6 Å². The van der Waals surface area contributed by atoms with Gasteiger partial charge in [0.1, 0.15) is 5.76 Å². The molecule has 0 radical (unpaired) electrons. The highest BCUT2D eigenvalue weighted by Crippen LogP contribution is 2.15. The van der Waals surface area contributed by atoms with Gasteiger partial charge in [0.05, 0.1) is 6.54 Å². The summed E-state index contributed by atoms with van der Waals surface area (Å²) >= 11 is 0. The molecule has 0 saturated heterocycles. The maximum Gasteiger partial charge on any atom is 0.251 e. The predicted octanol–water partition coefficient (Wildman–Crippen LogP) is 2.75. The zero-order valence-corrected chi connectivity index (χ0v) is 13.9. The fourth-order valence-electron chi connectivity index (χ4n) is 2.45. The van der Waals surface area contributed by atoms with Crippen LogP contribution in [0, 0.1) is 6.92 Å². The molecule has 4 aromatic rings. The Morgan fingerprint density at radius 2 is 1.88 bits per heavy atom. The fraction of sp³-hybridized carbons (Fsp3) is 0.111. The molecule has 0 aliphatic heterocycles. The van der Waals surface area contributed by atoms with E-state index in [1.807, 2.05) is 41.2 Å². The van der Waals surface area contributed by atoms with E-state index < -0.39 is 0 Å². The number of hydrogen-bond acceptors (Lipinski definition) is 6.